The van der Waals surface area contributed by atoms with E-state index in [1.807, 2.05) is 105 Å². The first-order valence-corrected chi connectivity index (χ1v) is 25.9. The van der Waals surface area contributed by atoms with Gasteiger partial charge in [-0.05, 0) is 36.5 Å². The highest BCUT2D eigenvalue weighted by molar-refractivity contribution is 7.82. The summed E-state index contributed by atoms with van der Waals surface area (Å²) in [5.74, 6) is -0.687. The van der Waals surface area contributed by atoms with Crippen LogP contribution in [0, 0.1) is 11.8 Å². The fourth-order valence-corrected chi connectivity index (χ4v) is 11.1. The molecule has 7 aliphatic heterocycles. The van der Waals surface area contributed by atoms with Crippen molar-refractivity contribution in [1.82, 2.24) is 0 Å². The minimum absolute atomic E-state index is 0.01000. The summed E-state index contributed by atoms with van der Waals surface area (Å²) in [7, 11) is -10.4. The Kier molecular flexibility index (Phi) is 16.4. The molecule has 376 valence electrons. The van der Waals surface area contributed by atoms with E-state index in [9.17, 15) is 25.3 Å². The van der Waals surface area contributed by atoms with Crippen LogP contribution in [0.2, 0.25) is 0 Å². The average molecular weight is 1020 g/mol. The zero-order valence-corrected chi connectivity index (χ0v) is 40.2. The molecule has 68 heavy (non-hydrogen) atoms. The lowest BCUT2D eigenvalue weighted by molar-refractivity contribution is -0.322. The van der Waals surface area contributed by atoms with Crippen molar-refractivity contribution < 1.29 is 93.0 Å². The monoisotopic (exact) mass is 1020 g/mol. The van der Waals surface area contributed by atoms with Crippen molar-refractivity contribution in [3.8, 4) is 0 Å². The quantitative estimate of drug-likeness (QED) is 0.282. The van der Waals surface area contributed by atoms with Crippen LogP contribution in [0.25, 0.3) is 0 Å². The van der Waals surface area contributed by atoms with E-state index in [2.05, 4.69) is 8.37 Å². The van der Waals surface area contributed by atoms with E-state index >= 15 is 0 Å². The van der Waals surface area contributed by atoms with Crippen molar-refractivity contribution in [1.29, 1.82) is 0 Å². The average Bonchev–Trinajstić information content (AvgIpc) is 3.79. The van der Waals surface area contributed by atoms with Crippen molar-refractivity contribution in [3.63, 3.8) is 0 Å². The number of rotatable bonds is 10. The first-order valence-electron chi connectivity index (χ1n) is 21.9. The fourth-order valence-electron chi connectivity index (χ4n) is 8.47. The van der Waals surface area contributed by atoms with E-state index < -0.39 is 98.4 Å². The van der Waals surface area contributed by atoms with Crippen LogP contribution in [0.4, 0.5) is 0 Å². The van der Waals surface area contributed by atoms with Gasteiger partial charge in [0.25, 0.3) is 0 Å². The van der Waals surface area contributed by atoms with E-state index in [1.165, 1.54) is 0 Å². The second-order valence-corrected chi connectivity index (χ2v) is 21.0. The third-order valence-electron chi connectivity index (χ3n) is 12.0. The highest BCUT2D eigenvalue weighted by atomic mass is 32.3. The van der Waals surface area contributed by atoms with Crippen molar-refractivity contribution in [3.05, 3.63) is 108 Å². The normalized spacial score (nSPS) is 37.0. The molecule has 0 N–H and O–H groups in total. The number of methoxy groups -OCH3 is 1. The Labute approximate surface area is 396 Å². The van der Waals surface area contributed by atoms with Gasteiger partial charge in [0.15, 0.2) is 24.7 Å². The number of fused-ring (bicyclic) bond motifs is 5. The Hall–Kier alpha value is -3.09. The van der Waals surface area contributed by atoms with Gasteiger partial charge in [-0.1, -0.05) is 105 Å². The van der Waals surface area contributed by atoms with Gasteiger partial charge >= 0.3 is 31.2 Å². The molecule has 0 spiro atoms. The molecule has 3 aromatic carbocycles. The van der Waals surface area contributed by atoms with Crippen LogP contribution in [-0.4, -0.2) is 132 Å². The summed E-state index contributed by atoms with van der Waals surface area (Å²) in [6.07, 6.45) is -7.58. The molecule has 7 saturated heterocycles. The Morgan fingerprint density at radius 1 is 0.500 bits per heavy atom. The van der Waals surface area contributed by atoms with Gasteiger partial charge in [0, 0.05) is 13.0 Å². The van der Waals surface area contributed by atoms with Crippen molar-refractivity contribution in [2.45, 2.75) is 127 Å². The van der Waals surface area contributed by atoms with Gasteiger partial charge in [-0.3, -0.25) is 0 Å². The number of hydrogen-bond donors (Lipinski definition) is 0. The summed E-state index contributed by atoms with van der Waals surface area (Å²) in [6.45, 7) is 7.83. The highest BCUT2D eigenvalue weighted by Crippen LogP contribution is 2.41. The highest BCUT2D eigenvalue weighted by Gasteiger charge is 2.59. The van der Waals surface area contributed by atoms with Crippen LogP contribution in [0.5, 0.6) is 0 Å². The molecule has 24 heteroatoms. The molecule has 7 aliphatic rings. The second kappa shape index (κ2) is 21.7. The maximum absolute atomic E-state index is 12.2. The van der Waals surface area contributed by atoms with Crippen LogP contribution in [0.1, 0.15) is 44.4 Å². The van der Waals surface area contributed by atoms with Gasteiger partial charge in [-0.15, -0.1) is 0 Å². The lowest BCUT2D eigenvalue weighted by Gasteiger charge is -2.46. The SMILES string of the molecule is CC1(C)O[C@H]2O[C@@H]3COS(=O)(=O)O[C@@H]3[C@H]2O1.CO[C@H]1O[C@@H]2COS(=O)(=O)O[C@H]2[C@H](C)[C@H]1C.O=S1(=O)OC[C@H]2O[C@@H](OCc3ccccc3)[C@H](OCc3ccccc3)[C@@H](OCc3ccccc3)[C@H]2O1. The lowest BCUT2D eigenvalue weighted by atomic mass is 9.85. The Morgan fingerprint density at radius 3 is 1.44 bits per heavy atom. The van der Waals surface area contributed by atoms with E-state index in [-0.39, 0.29) is 63.9 Å². The van der Waals surface area contributed by atoms with Gasteiger partial charge in [0.1, 0.15) is 54.9 Å². The van der Waals surface area contributed by atoms with Gasteiger partial charge in [0.2, 0.25) is 0 Å². The van der Waals surface area contributed by atoms with E-state index in [0.29, 0.717) is 0 Å². The fraction of sp³-hybridized carbons (Fsp3) is 0.591. The minimum atomic E-state index is -4.19. The topological polar surface area (TPSA) is 241 Å². The molecular weight excluding hydrogens is 961 g/mol. The molecule has 3 aromatic rings. The predicted molar refractivity (Wildman–Crippen MR) is 232 cm³/mol. The summed E-state index contributed by atoms with van der Waals surface area (Å²) in [5.41, 5.74) is 2.84. The standard InChI is InChI=1S/C27H28O8S.C9H16O6S.C8H12O7S/c28-36(29)33-19-23-24(35-36)25(30-16-20-10-4-1-5-11-20)26(31-17-21-12-6-2-7-13-21)27(34-23)32-18-22-14-8-3-9-15-22;1-5-6(2)9(12-3)14-7-4-13-16(10,11)15-8(5)7;1-8(2)13-6-5-4(12-7(6)14-8)3-11-16(9,10)15-5/h1-15,23-27H,16-19H2;5-9H,4H2,1-3H3;4-7H,3H2,1-2H3/t23-,24+,25+,26-,27-;5-,6-,7-,8+,9+;4-,5+,6-,7-/m111/s1. The maximum atomic E-state index is 12.2. The van der Waals surface area contributed by atoms with Crippen molar-refractivity contribution in [2.24, 2.45) is 11.8 Å². The molecule has 0 unspecified atom stereocenters. The first-order chi connectivity index (χ1) is 32.4. The molecule has 0 bridgehead atoms. The van der Waals surface area contributed by atoms with Crippen LogP contribution < -0.4 is 0 Å². The largest absolute Gasteiger partial charge is 0.400 e. The predicted octanol–water partition coefficient (Wildman–Crippen LogP) is 3.57. The Morgan fingerprint density at radius 2 is 0.926 bits per heavy atom. The maximum Gasteiger partial charge on any atom is 0.400 e. The van der Waals surface area contributed by atoms with Crippen molar-refractivity contribution in [2.75, 3.05) is 26.9 Å². The van der Waals surface area contributed by atoms with Crippen LogP contribution in [0.15, 0.2) is 91.0 Å². The molecule has 0 radical (unpaired) electrons. The second-order valence-electron chi connectivity index (χ2n) is 17.3. The molecule has 7 fully saturated rings. The zero-order valence-electron chi connectivity index (χ0n) is 37.8. The molecule has 0 aromatic heterocycles. The smallest absolute Gasteiger partial charge is 0.368 e. The summed E-state index contributed by atoms with van der Waals surface area (Å²) in [5, 5.41) is 0. The Bertz CT molecular complexity index is 2430. The third kappa shape index (κ3) is 12.9. The first kappa shape index (κ1) is 51.3. The number of hydrogen-bond acceptors (Lipinski definition) is 21. The lowest BCUT2D eigenvalue weighted by Crippen LogP contribution is -2.63. The van der Waals surface area contributed by atoms with Gasteiger partial charge in [0.05, 0.1) is 39.6 Å². The van der Waals surface area contributed by atoms with E-state index in [0.717, 1.165) is 16.7 Å². The summed E-state index contributed by atoms with van der Waals surface area (Å²) < 4.78 is 150. The van der Waals surface area contributed by atoms with Gasteiger partial charge in [-0.25, -0.2) is 25.1 Å². The van der Waals surface area contributed by atoms with Crippen LogP contribution in [0.3, 0.4) is 0 Å². The molecule has 10 rings (SSSR count). The van der Waals surface area contributed by atoms with Crippen LogP contribution >= 0.6 is 0 Å². The third-order valence-corrected chi connectivity index (χ3v) is 14.7. The molecule has 7 heterocycles. The number of benzene rings is 3. The molecule has 0 amide bonds. The molecule has 14 atom stereocenters. The van der Waals surface area contributed by atoms with E-state index in [4.69, 9.17) is 59.4 Å². The van der Waals surface area contributed by atoms with Crippen molar-refractivity contribution >= 4 is 31.2 Å². The molecule has 0 aliphatic carbocycles. The minimum Gasteiger partial charge on any atom is -0.368 e. The summed E-state index contributed by atoms with van der Waals surface area (Å²) in [6, 6.07) is 29.0. The van der Waals surface area contributed by atoms with Crippen LogP contribution in [-0.2, 0) is 119 Å². The van der Waals surface area contributed by atoms with Gasteiger partial charge in [-0.2, -0.15) is 25.3 Å². The summed E-state index contributed by atoms with van der Waals surface area (Å²) >= 11 is 0. The number of ether oxygens (including phenoxy) is 9. The Balaban J connectivity index is 0.000000160. The van der Waals surface area contributed by atoms with E-state index in [1.54, 1.807) is 21.0 Å². The molecule has 0 saturated carbocycles. The summed E-state index contributed by atoms with van der Waals surface area (Å²) in [4.78, 5) is 0. The molecular formula is C44H56O21S3. The van der Waals surface area contributed by atoms with Gasteiger partial charge < -0.3 is 42.6 Å². The zero-order chi connectivity index (χ0) is 48.3. The molecule has 21 nitrogen and oxygen atoms in total.